The first-order chi connectivity index (χ1) is 9.50. The van der Waals surface area contributed by atoms with Gasteiger partial charge in [-0.05, 0) is 49.9 Å². The summed E-state index contributed by atoms with van der Waals surface area (Å²) in [6, 6.07) is 7.70. The molecule has 1 N–H and O–H groups in total. The fourth-order valence-corrected chi connectivity index (χ4v) is 2.88. The summed E-state index contributed by atoms with van der Waals surface area (Å²) in [6.07, 6.45) is 2.27. The number of benzene rings is 1. The molecule has 20 heavy (non-hydrogen) atoms. The molecule has 0 aliphatic carbocycles. The van der Waals surface area contributed by atoms with Crippen LogP contribution in [0.25, 0.3) is 0 Å². The molecule has 3 unspecified atom stereocenters. The molecule has 0 saturated carbocycles. The maximum absolute atomic E-state index is 12.6. The van der Waals surface area contributed by atoms with Crippen LogP contribution in [0.15, 0.2) is 24.3 Å². The zero-order chi connectivity index (χ0) is 14.7. The van der Waals surface area contributed by atoms with Gasteiger partial charge in [0.05, 0.1) is 12.1 Å². The minimum Gasteiger partial charge on any atom is -0.338 e. The third kappa shape index (κ3) is 3.33. The maximum Gasteiger partial charge on any atom is 0.240 e. The van der Waals surface area contributed by atoms with Gasteiger partial charge in [-0.1, -0.05) is 30.7 Å². The van der Waals surface area contributed by atoms with E-state index in [-0.39, 0.29) is 18.0 Å². The molecule has 1 aromatic rings. The summed E-state index contributed by atoms with van der Waals surface area (Å²) in [5, 5.41) is 4.07. The Morgan fingerprint density at radius 2 is 2.05 bits per heavy atom. The number of hydrogen-bond acceptors (Lipinski definition) is 2. The molecule has 0 bridgehead atoms. The molecule has 3 atom stereocenters. The molecule has 1 aliphatic rings. The highest BCUT2D eigenvalue weighted by Crippen LogP contribution is 2.24. The van der Waals surface area contributed by atoms with E-state index in [1.807, 2.05) is 36.2 Å². The van der Waals surface area contributed by atoms with Crippen molar-refractivity contribution in [3.8, 4) is 0 Å². The maximum atomic E-state index is 12.6. The van der Waals surface area contributed by atoms with E-state index >= 15 is 0 Å². The fraction of sp³-hybridized carbons (Fsp3) is 0.562. The number of carbonyl (C=O) groups excluding carboxylic acids is 1. The van der Waals surface area contributed by atoms with Gasteiger partial charge in [-0.25, -0.2) is 0 Å². The molecule has 0 radical (unpaired) electrons. The number of rotatable bonds is 3. The summed E-state index contributed by atoms with van der Waals surface area (Å²) < 4.78 is 0. The van der Waals surface area contributed by atoms with E-state index in [2.05, 4.69) is 19.2 Å². The Morgan fingerprint density at radius 3 is 2.65 bits per heavy atom. The Bertz CT molecular complexity index is 460. The van der Waals surface area contributed by atoms with Crippen molar-refractivity contribution in [2.45, 2.75) is 38.8 Å². The van der Waals surface area contributed by atoms with Crippen molar-refractivity contribution in [3.63, 3.8) is 0 Å². The zero-order valence-corrected chi connectivity index (χ0v) is 13.2. The van der Waals surface area contributed by atoms with E-state index in [9.17, 15) is 4.79 Å². The van der Waals surface area contributed by atoms with Gasteiger partial charge in [0, 0.05) is 12.1 Å². The van der Waals surface area contributed by atoms with E-state index < -0.39 is 0 Å². The molecule has 0 spiro atoms. The molecular formula is C16H23ClN2O. The molecule has 1 aliphatic heterocycles. The van der Waals surface area contributed by atoms with Crippen molar-refractivity contribution >= 4 is 17.5 Å². The first-order valence-corrected chi connectivity index (χ1v) is 7.64. The summed E-state index contributed by atoms with van der Waals surface area (Å²) >= 11 is 5.91. The van der Waals surface area contributed by atoms with Crippen LogP contribution in [-0.2, 0) is 4.79 Å². The van der Waals surface area contributed by atoms with Crippen molar-refractivity contribution in [2.24, 2.45) is 5.92 Å². The lowest BCUT2D eigenvalue weighted by Gasteiger charge is -2.35. The van der Waals surface area contributed by atoms with Crippen LogP contribution in [0.1, 0.15) is 38.3 Å². The Kier molecular flexibility index (Phi) is 5.06. The van der Waals surface area contributed by atoms with Crippen LogP contribution < -0.4 is 5.32 Å². The number of hydrogen-bond donors (Lipinski definition) is 1. The summed E-state index contributed by atoms with van der Waals surface area (Å²) in [4.78, 5) is 14.5. The van der Waals surface area contributed by atoms with Crippen molar-refractivity contribution in [1.82, 2.24) is 10.2 Å². The first kappa shape index (κ1) is 15.3. The first-order valence-electron chi connectivity index (χ1n) is 7.26. The second kappa shape index (κ2) is 6.59. The summed E-state index contributed by atoms with van der Waals surface area (Å²) in [5.74, 6) is 0.579. The van der Waals surface area contributed by atoms with Crippen LogP contribution in [-0.4, -0.2) is 30.4 Å². The second-order valence-corrected chi connectivity index (χ2v) is 6.16. The summed E-state index contributed by atoms with van der Waals surface area (Å²) in [5.41, 5.74) is 1.11. The quantitative estimate of drug-likeness (QED) is 0.928. The van der Waals surface area contributed by atoms with Gasteiger partial charge in [-0.3, -0.25) is 4.79 Å². The van der Waals surface area contributed by atoms with Gasteiger partial charge in [0.2, 0.25) is 5.91 Å². The molecule has 4 heteroatoms. The summed E-state index contributed by atoms with van der Waals surface area (Å²) in [7, 11) is 1.88. The summed E-state index contributed by atoms with van der Waals surface area (Å²) in [6.45, 7) is 5.13. The van der Waals surface area contributed by atoms with Crippen LogP contribution in [0, 0.1) is 5.92 Å². The smallest absolute Gasteiger partial charge is 0.240 e. The molecule has 1 heterocycles. The highest BCUT2D eigenvalue weighted by Gasteiger charge is 2.31. The van der Waals surface area contributed by atoms with Crippen molar-refractivity contribution in [1.29, 1.82) is 0 Å². The monoisotopic (exact) mass is 294 g/mol. The van der Waals surface area contributed by atoms with E-state index in [1.54, 1.807) is 0 Å². The Labute approximate surface area is 126 Å². The van der Waals surface area contributed by atoms with E-state index in [1.165, 1.54) is 0 Å². The average molecular weight is 295 g/mol. The number of piperidine rings is 1. The van der Waals surface area contributed by atoms with Crippen LogP contribution >= 0.6 is 11.6 Å². The van der Waals surface area contributed by atoms with Crippen molar-refractivity contribution in [2.75, 3.05) is 13.6 Å². The number of likely N-dealkylation sites (N-methyl/N-ethyl adjacent to an activating group) is 1. The average Bonchev–Trinajstić information content (AvgIpc) is 2.46. The number of nitrogens with one attached hydrogen (secondary N) is 1. The molecule has 2 rings (SSSR count). The Balaban J connectivity index is 2.07. The predicted octanol–water partition coefficient (Wildman–Crippen LogP) is 3.25. The molecule has 1 saturated heterocycles. The van der Waals surface area contributed by atoms with Crippen molar-refractivity contribution < 1.29 is 4.79 Å². The van der Waals surface area contributed by atoms with Gasteiger partial charge in [0.25, 0.3) is 0 Å². The molecule has 1 fully saturated rings. The third-order valence-electron chi connectivity index (χ3n) is 4.32. The largest absolute Gasteiger partial charge is 0.338 e. The standard InChI is InChI=1S/C16H23ClN2O/c1-11-5-4-10-18-15(11)16(20)19(3)12(2)13-6-8-14(17)9-7-13/h6-9,11-12,15,18H,4-5,10H2,1-3H3. The van der Waals surface area contributed by atoms with E-state index in [0.29, 0.717) is 5.92 Å². The Morgan fingerprint density at radius 1 is 1.40 bits per heavy atom. The number of nitrogens with zero attached hydrogens (tertiary/aromatic N) is 1. The lowest BCUT2D eigenvalue weighted by atomic mass is 9.91. The van der Waals surface area contributed by atoms with Gasteiger partial charge in [-0.2, -0.15) is 0 Å². The fourth-order valence-electron chi connectivity index (χ4n) is 2.76. The lowest BCUT2D eigenvalue weighted by molar-refractivity contribution is -0.135. The van der Waals surface area contributed by atoms with E-state index in [4.69, 9.17) is 11.6 Å². The minimum absolute atomic E-state index is 0.0516. The molecular weight excluding hydrogens is 272 g/mol. The second-order valence-electron chi connectivity index (χ2n) is 5.73. The topological polar surface area (TPSA) is 32.3 Å². The highest BCUT2D eigenvalue weighted by molar-refractivity contribution is 6.30. The van der Waals surface area contributed by atoms with Gasteiger partial charge in [-0.15, -0.1) is 0 Å². The minimum atomic E-state index is -0.0523. The van der Waals surface area contributed by atoms with Crippen LogP contribution in [0.3, 0.4) is 0 Å². The molecule has 1 amide bonds. The normalized spacial score (nSPS) is 24.2. The number of amides is 1. The van der Waals surface area contributed by atoms with E-state index in [0.717, 1.165) is 30.0 Å². The zero-order valence-electron chi connectivity index (χ0n) is 12.4. The third-order valence-corrected chi connectivity index (χ3v) is 4.57. The molecule has 0 aromatic heterocycles. The van der Waals surface area contributed by atoms with Crippen molar-refractivity contribution in [3.05, 3.63) is 34.9 Å². The molecule has 3 nitrogen and oxygen atoms in total. The van der Waals surface area contributed by atoms with Gasteiger partial charge >= 0.3 is 0 Å². The van der Waals surface area contributed by atoms with Crippen LogP contribution in [0.5, 0.6) is 0 Å². The van der Waals surface area contributed by atoms with Crippen LogP contribution in [0.2, 0.25) is 5.02 Å². The predicted molar refractivity (Wildman–Crippen MR) is 82.8 cm³/mol. The molecule has 110 valence electrons. The lowest BCUT2D eigenvalue weighted by Crippen LogP contribution is -2.51. The SMILES string of the molecule is CC1CCCNC1C(=O)N(C)C(C)c1ccc(Cl)cc1. The van der Waals surface area contributed by atoms with Gasteiger partial charge in [0.15, 0.2) is 0 Å². The Hall–Kier alpha value is -1.06. The number of carbonyl (C=O) groups is 1. The van der Waals surface area contributed by atoms with Gasteiger partial charge in [0.1, 0.15) is 0 Å². The number of halogens is 1. The highest BCUT2D eigenvalue weighted by atomic mass is 35.5. The van der Waals surface area contributed by atoms with Crippen LogP contribution in [0.4, 0.5) is 0 Å². The molecule has 1 aromatic carbocycles. The van der Waals surface area contributed by atoms with Gasteiger partial charge < -0.3 is 10.2 Å².